The average molecular weight is 769 g/mol. The normalized spacial score (nSPS) is 17.8. The van der Waals surface area contributed by atoms with Crippen molar-refractivity contribution in [1.29, 1.82) is 0 Å². The Morgan fingerprint density at radius 2 is 1.02 bits per heavy atom. The van der Waals surface area contributed by atoms with Crippen molar-refractivity contribution in [2.75, 3.05) is 34.4 Å². The summed E-state index contributed by atoms with van der Waals surface area (Å²) in [4.78, 5) is 65.2. The zero-order valence-electron chi connectivity index (χ0n) is 29.7. The van der Waals surface area contributed by atoms with Crippen molar-refractivity contribution < 1.29 is 52.3 Å². The van der Waals surface area contributed by atoms with Gasteiger partial charge >= 0.3 is 35.7 Å². The number of pyridine rings is 2. The van der Waals surface area contributed by atoms with Gasteiger partial charge in [-0.3, -0.25) is 9.97 Å². The smallest absolute Gasteiger partial charge is 0.420 e. The van der Waals surface area contributed by atoms with Gasteiger partial charge in [0, 0.05) is 79.0 Å². The van der Waals surface area contributed by atoms with Gasteiger partial charge in [-0.2, -0.15) is 0 Å². The minimum absolute atomic E-state index is 0.0435. The number of nitrogens with zero attached hydrogens (tertiary/aromatic N) is 4. The van der Waals surface area contributed by atoms with Gasteiger partial charge in [0.2, 0.25) is 5.75 Å². The molecule has 3 aliphatic heterocycles. The first-order valence-electron chi connectivity index (χ1n) is 16.8. The number of methoxy groups -OCH3 is 3. The molecule has 0 atom stereocenters. The third-order valence-corrected chi connectivity index (χ3v) is 9.29. The van der Waals surface area contributed by atoms with Crippen molar-refractivity contribution in [2.45, 2.75) is 24.9 Å². The Balaban J connectivity index is 1.31. The van der Waals surface area contributed by atoms with Crippen molar-refractivity contribution in [3.05, 3.63) is 114 Å². The number of esters is 4. The van der Waals surface area contributed by atoms with E-state index in [0.717, 1.165) is 29.9 Å². The number of benzene rings is 2. The molecule has 2 aromatic heterocycles. The van der Waals surface area contributed by atoms with Crippen LogP contribution in [0.4, 0.5) is 0 Å². The SMILES string of the molecule is COc1cc(-c2cc(CN3CCN(Cc4ccnc(-c5ccc(Cl)cc5)c4)C4(OC(=O)C=CC(=O)O4)C34OC(=O)C=CC(=O)O4)ccn2)cc(OC)c1OC. The summed E-state index contributed by atoms with van der Waals surface area (Å²) in [5.74, 6) is -8.20. The molecule has 55 heavy (non-hydrogen) atoms. The molecule has 282 valence electrons. The van der Waals surface area contributed by atoms with Gasteiger partial charge in [0.05, 0.1) is 32.7 Å². The summed E-state index contributed by atoms with van der Waals surface area (Å²) >= 11 is 6.10. The maximum atomic E-state index is 13.3. The van der Waals surface area contributed by atoms with E-state index in [1.165, 1.54) is 31.1 Å². The molecule has 1 fully saturated rings. The predicted molar refractivity (Wildman–Crippen MR) is 193 cm³/mol. The highest BCUT2D eigenvalue weighted by atomic mass is 35.5. The monoisotopic (exact) mass is 768 g/mol. The molecule has 5 heterocycles. The van der Waals surface area contributed by atoms with Gasteiger partial charge in [0.1, 0.15) is 0 Å². The zero-order chi connectivity index (χ0) is 38.7. The quantitative estimate of drug-likeness (QED) is 0.220. The average Bonchev–Trinajstić information content (AvgIpc) is 3.45. The number of rotatable bonds is 9. The first-order chi connectivity index (χ1) is 26.6. The molecule has 0 radical (unpaired) electrons. The first kappa shape index (κ1) is 37.0. The number of fused-ring (bicyclic) bond motifs is 1. The highest BCUT2D eigenvalue weighted by Gasteiger charge is 2.74. The second-order valence-electron chi connectivity index (χ2n) is 12.4. The van der Waals surface area contributed by atoms with Crippen LogP contribution in [0.2, 0.25) is 5.02 Å². The molecule has 0 bridgehead atoms. The first-order valence-corrected chi connectivity index (χ1v) is 17.2. The lowest BCUT2D eigenvalue weighted by Gasteiger charge is -2.55. The van der Waals surface area contributed by atoms with Crippen molar-refractivity contribution in [3.63, 3.8) is 0 Å². The molecule has 15 nitrogen and oxygen atoms in total. The zero-order valence-corrected chi connectivity index (χ0v) is 30.5. The fraction of sp³-hybridized carbons (Fsp3) is 0.231. The van der Waals surface area contributed by atoms with E-state index < -0.39 is 35.7 Å². The number of carbonyl (C=O) groups is 4. The Morgan fingerprint density at radius 3 is 1.42 bits per heavy atom. The van der Waals surface area contributed by atoms with Gasteiger partial charge in [-0.15, -0.1) is 0 Å². The maximum Gasteiger partial charge on any atom is 0.420 e. The number of ether oxygens (including phenoxy) is 7. The Hall–Kier alpha value is -6.29. The fourth-order valence-corrected chi connectivity index (χ4v) is 6.69. The third-order valence-electron chi connectivity index (χ3n) is 9.03. The molecule has 4 aromatic rings. The largest absolute Gasteiger partial charge is 0.493 e. The minimum atomic E-state index is -2.66. The van der Waals surface area contributed by atoms with E-state index in [-0.39, 0.29) is 26.2 Å². The Labute approximate surface area is 319 Å². The van der Waals surface area contributed by atoms with E-state index in [2.05, 4.69) is 9.97 Å². The number of carbonyl (C=O) groups excluding carboxylic acids is 4. The van der Waals surface area contributed by atoms with Gasteiger partial charge in [0.15, 0.2) is 11.5 Å². The summed E-state index contributed by atoms with van der Waals surface area (Å²) in [5.41, 5.74) is 3.74. The lowest BCUT2D eigenvalue weighted by Crippen LogP contribution is -2.80. The second-order valence-corrected chi connectivity index (χ2v) is 12.8. The molecule has 16 heteroatoms. The summed E-state index contributed by atoms with van der Waals surface area (Å²) < 4.78 is 40.4. The van der Waals surface area contributed by atoms with Gasteiger partial charge in [-0.1, -0.05) is 23.7 Å². The van der Waals surface area contributed by atoms with Crippen LogP contribution in [-0.2, 0) is 51.2 Å². The van der Waals surface area contributed by atoms with E-state index in [1.54, 1.807) is 60.9 Å². The van der Waals surface area contributed by atoms with Gasteiger partial charge in [-0.25, -0.2) is 29.0 Å². The number of aromatic nitrogens is 2. The Bertz CT molecular complexity index is 2160. The lowest BCUT2D eigenvalue weighted by molar-refractivity contribution is -0.465. The van der Waals surface area contributed by atoms with Crippen LogP contribution in [0.5, 0.6) is 17.2 Å². The highest BCUT2D eigenvalue weighted by Crippen LogP contribution is 2.46. The van der Waals surface area contributed by atoms with Crippen LogP contribution in [0.1, 0.15) is 11.1 Å². The van der Waals surface area contributed by atoms with Gasteiger partial charge < -0.3 is 33.2 Å². The Kier molecular flexibility index (Phi) is 10.2. The molecular weight excluding hydrogens is 736 g/mol. The van der Waals surface area contributed by atoms with E-state index in [0.29, 0.717) is 50.3 Å². The van der Waals surface area contributed by atoms with E-state index >= 15 is 0 Å². The molecule has 0 aliphatic carbocycles. The molecule has 0 unspecified atom stereocenters. The standard InChI is InChI=1S/C39H33ClN4O11/c1-49-31-20-27(21-32(50-2)37(31)51-3)30-19-25(13-15-42-30)23-44-17-16-43(22-24-12-14-41-29(18-24)26-4-6-28(40)7-5-26)38(52-33(45)8-9-34(46)53-38)39(44)54-35(47)10-11-36(48)55-39/h4-15,18-21H,16-17,22-23H2,1-3H3. The van der Waals surface area contributed by atoms with Crippen molar-refractivity contribution in [1.82, 2.24) is 19.8 Å². The van der Waals surface area contributed by atoms with E-state index in [9.17, 15) is 19.2 Å². The van der Waals surface area contributed by atoms with E-state index in [1.807, 2.05) is 12.1 Å². The third kappa shape index (κ3) is 7.19. The summed E-state index contributed by atoms with van der Waals surface area (Å²) in [6, 6.07) is 17.5. The van der Waals surface area contributed by atoms with Crippen LogP contribution in [0.15, 0.2) is 97.4 Å². The minimum Gasteiger partial charge on any atom is -0.493 e. The molecule has 2 spiro atoms. The van der Waals surface area contributed by atoms with Crippen LogP contribution in [-0.4, -0.2) is 89.9 Å². The van der Waals surface area contributed by atoms with E-state index in [4.69, 9.17) is 44.8 Å². The predicted octanol–water partition coefficient (Wildman–Crippen LogP) is 4.43. The number of hydrogen-bond acceptors (Lipinski definition) is 15. The van der Waals surface area contributed by atoms with Gasteiger partial charge in [0.25, 0.3) is 0 Å². The summed E-state index contributed by atoms with van der Waals surface area (Å²) in [5, 5.41) is 0.557. The van der Waals surface area contributed by atoms with Crippen molar-refractivity contribution in [3.8, 4) is 39.8 Å². The van der Waals surface area contributed by atoms with Crippen LogP contribution in [0.3, 0.4) is 0 Å². The Morgan fingerprint density at radius 1 is 0.600 bits per heavy atom. The second kappa shape index (κ2) is 15.2. The number of halogens is 1. The van der Waals surface area contributed by atoms with Crippen LogP contribution < -0.4 is 14.2 Å². The lowest BCUT2D eigenvalue weighted by atomic mass is 10.0. The molecule has 0 N–H and O–H groups in total. The molecular formula is C39H33ClN4O11. The summed E-state index contributed by atoms with van der Waals surface area (Å²) in [7, 11) is 4.50. The van der Waals surface area contributed by atoms with Crippen molar-refractivity contribution >= 4 is 35.5 Å². The molecule has 0 saturated carbocycles. The number of hydrogen-bond donors (Lipinski definition) is 0. The van der Waals surface area contributed by atoms with Gasteiger partial charge in [-0.05, 0) is 59.7 Å². The summed E-state index contributed by atoms with van der Waals surface area (Å²) in [6.07, 6.45) is 6.65. The molecule has 7 rings (SSSR count). The molecule has 2 aromatic carbocycles. The molecule has 1 saturated heterocycles. The molecule has 0 amide bonds. The maximum absolute atomic E-state index is 13.3. The fourth-order valence-electron chi connectivity index (χ4n) is 6.56. The topological polar surface area (TPSA) is 165 Å². The van der Waals surface area contributed by atoms with Crippen LogP contribution in [0, 0.1) is 0 Å². The van der Waals surface area contributed by atoms with Crippen LogP contribution in [0.25, 0.3) is 22.5 Å². The summed E-state index contributed by atoms with van der Waals surface area (Å²) in [6.45, 7) is -0.0486. The number of piperazine rings is 1. The van der Waals surface area contributed by atoms with Crippen molar-refractivity contribution in [2.24, 2.45) is 0 Å². The molecule has 3 aliphatic rings. The highest BCUT2D eigenvalue weighted by molar-refractivity contribution is 6.30. The van der Waals surface area contributed by atoms with Crippen LogP contribution >= 0.6 is 11.6 Å².